The Balaban J connectivity index is 2.10. The van der Waals surface area contributed by atoms with Gasteiger partial charge in [-0.3, -0.25) is 0 Å². The van der Waals surface area contributed by atoms with Gasteiger partial charge in [0.05, 0.1) is 12.2 Å². The van der Waals surface area contributed by atoms with Crippen molar-refractivity contribution in [1.29, 1.82) is 0 Å². The Kier molecular flexibility index (Phi) is 5.86. The zero-order valence-electron chi connectivity index (χ0n) is 13.3. The Hall–Kier alpha value is -2.22. The zero-order valence-corrected chi connectivity index (χ0v) is 14.1. The average Bonchev–Trinajstić information content (AvgIpc) is 2.89. The van der Waals surface area contributed by atoms with Crippen LogP contribution in [0.2, 0.25) is 0 Å². The summed E-state index contributed by atoms with van der Waals surface area (Å²) >= 11 is 1.31. The minimum absolute atomic E-state index is 0.364. The van der Waals surface area contributed by atoms with Gasteiger partial charge in [0.15, 0.2) is 5.82 Å². The highest BCUT2D eigenvalue weighted by atomic mass is 32.2. The Morgan fingerprint density at radius 1 is 1.35 bits per heavy atom. The van der Waals surface area contributed by atoms with Gasteiger partial charge in [-0.25, -0.2) is 9.47 Å². The molecule has 0 saturated heterocycles. The number of ether oxygens (including phenoxy) is 1. The van der Waals surface area contributed by atoms with Crippen LogP contribution in [0.15, 0.2) is 28.3 Å². The predicted molar refractivity (Wildman–Crippen MR) is 89.7 cm³/mol. The first-order chi connectivity index (χ1) is 11.1. The van der Waals surface area contributed by atoms with E-state index in [0.717, 1.165) is 17.7 Å². The Labute approximate surface area is 139 Å². The van der Waals surface area contributed by atoms with Crippen LogP contribution in [0.1, 0.15) is 42.9 Å². The highest BCUT2D eigenvalue weighted by Gasteiger charge is 2.14. The number of hydrogen-bond donors (Lipinski definition) is 2. The lowest BCUT2D eigenvalue weighted by atomic mass is 10.2. The molecule has 7 nitrogen and oxygen atoms in total. The van der Waals surface area contributed by atoms with E-state index in [1.54, 1.807) is 18.2 Å². The number of nitrogens with zero attached hydrogens (tertiary/aromatic N) is 3. The third-order valence-electron chi connectivity index (χ3n) is 3.23. The van der Waals surface area contributed by atoms with Crippen LogP contribution in [0.4, 0.5) is 5.69 Å². The van der Waals surface area contributed by atoms with Crippen molar-refractivity contribution in [3.05, 3.63) is 29.6 Å². The summed E-state index contributed by atoms with van der Waals surface area (Å²) in [6.45, 7) is 4.41. The Bertz CT molecular complexity index is 687. The summed E-state index contributed by atoms with van der Waals surface area (Å²) in [7, 11) is 0. The van der Waals surface area contributed by atoms with E-state index in [4.69, 9.17) is 16.3 Å². The van der Waals surface area contributed by atoms with Crippen molar-refractivity contribution in [1.82, 2.24) is 14.9 Å². The molecule has 0 fully saturated rings. The molecule has 1 aromatic heterocycles. The smallest absolute Gasteiger partial charge is 0.338 e. The van der Waals surface area contributed by atoms with Crippen molar-refractivity contribution in [2.24, 2.45) is 0 Å². The molecule has 0 aliphatic carbocycles. The second kappa shape index (κ2) is 7.87. The number of aromatic nitrogens is 3. The first-order valence-corrected chi connectivity index (χ1v) is 8.32. The summed E-state index contributed by atoms with van der Waals surface area (Å²) in [4.78, 5) is 12.7. The first-order valence-electron chi connectivity index (χ1n) is 7.50. The number of nitrogens with two attached hydrogens (primary N) is 2. The lowest BCUT2D eigenvalue weighted by Gasteiger charge is -2.08. The highest BCUT2D eigenvalue weighted by molar-refractivity contribution is 7.99. The molecule has 0 atom stereocenters. The molecule has 0 aliphatic heterocycles. The summed E-state index contributed by atoms with van der Waals surface area (Å²) in [5, 5.41) is 8.58. The molecule has 1 heterocycles. The van der Waals surface area contributed by atoms with Gasteiger partial charge in [-0.2, -0.15) is 0 Å². The molecule has 0 aliphatic rings. The van der Waals surface area contributed by atoms with Gasteiger partial charge >= 0.3 is 5.97 Å². The second-order valence-electron chi connectivity index (χ2n) is 4.97. The summed E-state index contributed by atoms with van der Waals surface area (Å²) < 4.78 is 6.61. The largest absolute Gasteiger partial charge is 0.462 e. The standard InChI is InChI=1S/C15H21N5O2S/c1-3-5-8-22-14(21)10-6-7-12(11(16)9-10)23-15-19-18-13(4-2)20(15)17/h6-7,9H,3-5,8,16-17H2,1-2H3. The quantitative estimate of drug-likeness (QED) is 0.345. The molecule has 0 unspecified atom stereocenters. The second-order valence-corrected chi connectivity index (χ2v) is 5.98. The fraction of sp³-hybridized carbons (Fsp3) is 0.400. The van der Waals surface area contributed by atoms with Gasteiger partial charge in [0, 0.05) is 17.0 Å². The van der Waals surface area contributed by atoms with Crippen LogP contribution < -0.4 is 11.6 Å². The molecule has 23 heavy (non-hydrogen) atoms. The number of aryl methyl sites for hydroxylation is 1. The van der Waals surface area contributed by atoms with Crippen molar-refractivity contribution >= 4 is 23.4 Å². The summed E-state index contributed by atoms with van der Waals surface area (Å²) in [6, 6.07) is 5.05. The van der Waals surface area contributed by atoms with E-state index in [-0.39, 0.29) is 5.97 Å². The van der Waals surface area contributed by atoms with E-state index >= 15 is 0 Å². The molecule has 8 heteroatoms. The number of hydrogen-bond acceptors (Lipinski definition) is 7. The molecule has 2 rings (SSSR count). The van der Waals surface area contributed by atoms with Gasteiger partial charge in [0.2, 0.25) is 5.16 Å². The van der Waals surface area contributed by atoms with Crippen molar-refractivity contribution in [2.75, 3.05) is 18.2 Å². The molecule has 1 aromatic carbocycles. The van der Waals surface area contributed by atoms with Crippen molar-refractivity contribution in [2.45, 2.75) is 43.2 Å². The van der Waals surface area contributed by atoms with E-state index in [9.17, 15) is 4.79 Å². The van der Waals surface area contributed by atoms with Crippen molar-refractivity contribution in [3.8, 4) is 0 Å². The molecule has 0 bridgehead atoms. The van der Waals surface area contributed by atoms with Crippen LogP contribution in [-0.4, -0.2) is 27.4 Å². The fourth-order valence-electron chi connectivity index (χ4n) is 1.88. The van der Waals surface area contributed by atoms with E-state index in [1.807, 2.05) is 13.8 Å². The van der Waals surface area contributed by atoms with E-state index in [2.05, 4.69) is 10.2 Å². The maximum atomic E-state index is 11.9. The number of carbonyl (C=O) groups excluding carboxylic acids is 1. The molecule has 124 valence electrons. The van der Waals surface area contributed by atoms with E-state index < -0.39 is 0 Å². The molecule has 0 spiro atoms. The lowest BCUT2D eigenvalue weighted by Crippen LogP contribution is -2.13. The minimum Gasteiger partial charge on any atom is -0.462 e. The summed E-state index contributed by atoms with van der Waals surface area (Å²) in [5.41, 5.74) is 6.93. The van der Waals surface area contributed by atoms with E-state index in [0.29, 0.717) is 35.3 Å². The minimum atomic E-state index is -0.364. The van der Waals surface area contributed by atoms with Gasteiger partial charge < -0.3 is 16.3 Å². The molecule has 4 N–H and O–H groups in total. The first kappa shape index (κ1) is 17.1. The Morgan fingerprint density at radius 2 is 2.13 bits per heavy atom. The number of carbonyl (C=O) groups is 1. The molecule has 2 aromatic rings. The van der Waals surface area contributed by atoms with Gasteiger partial charge in [0.25, 0.3) is 0 Å². The van der Waals surface area contributed by atoms with Crippen LogP contribution in [-0.2, 0) is 11.2 Å². The molecular weight excluding hydrogens is 314 g/mol. The summed E-state index contributed by atoms with van der Waals surface area (Å²) in [5.74, 6) is 6.25. The number of nitrogen functional groups attached to an aromatic ring is 2. The van der Waals surface area contributed by atoms with Gasteiger partial charge in [-0.05, 0) is 36.4 Å². The monoisotopic (exact) mass is 335 g/mol. The summed E-state index contributed by atoms with van der Waals surface area (Å²) in [6.07, 6.45) is 2.52. The normalized spacial score (nSPS) is 10.7. The van der Waals surface area contributed by atoms with Crippen molar-refractivity contribution in [3.63, 3.8) is 0 Å². The zero-order chi connectivity index (χ0) is 16.8. The van der Waals surface area contributed by atoms with Gasteiger partial charge in [-0.15, -0.1) is 10.2 Å². The van der Waals surface area contributed by atoms with Crippen LogP contribution in [0.3, 0.4) is 0 Å². The third-order valence-corrected chi connectivity index (χ3v) is 4.28. The number of anilines is 1. The van der Waals surface area contributed by atoms with Crippen LogP contribution in [0.5, 0.6) is 0 Å². The molecular formula is C15H21N5O2S. The topological polar surface area (TPSA) is 109 Å². The fourth-order valence-corrected chi connectivity index (χ4v) is 2.67. The maximum Gasteiger partial charge on any atom is 0.338 e. The van der Waals surface area contributed by atoms with Crippen molar-refractivity contribution < 1.29 is 9.53 Å². The molecule has 0 amide bonds. The van der Waals surface area contributed by atoms with Gasteiger partial charge in [-0.1, -0.05) is 20.3 Å². The molecule has 0 radical (unpaired) electrons. The third kappa shape index (κ3) is 4.16. The number of rotatable bonds is 7. The maximum absolute atomic E-state index is 11.9. The number of unbranched alkanes of at least 4 members (excludes halogenated alkanes) is 1. The highest BCUT2D eigenvalue weighted by Crippen LogP contribution is 2.31. The predicted octanol–water partition coefficient (Wildman–Crippen LogP) is 2.24. The Morgan fingerprint density at radius 3 is 2.74 bits per heavy atom. The van der Waals surface area contributed by atoms with Crippen LogP contribution in [0.25, 0.3) is 0 Å². The van der Waals surface area contributed by atoms with Gasteiger partial charge in [0.1, 0.15) is 0 Å². The lowest BCUT2D eigenvalue weighted by molar-refractivity contribution is 0.0499. The average molecular weight is 335 g/mol. The number of esters is 1. The molecule has 0 saturated carbocycles. The van der Waals surface area contributed by atoms with Crippen LogP contribution in [0, 0.1) is 0 Å². The van der Waals surface area contributed by atoms with Crippen LogP contribution >= 0.6 is 11.8 Å². The van der Waals surface area contributed by atoms with E-state index in [1.165, 1.54) is 16.4 Å². The SMILES string of the molecule is CCCCOC(=O)c1ccc(Sc2nnc(CC)n2N)c(N)c1. The number of benzene rings is 1.